The van der Waals surface area contributed by atoms with Crippen molar-refractivity contribution in [1.82, 2.24) is 15.0 Å². The third-order valence-corrected chi connectivity index (χ3v) is 3.83. The Labute approximate surface area is 133 Å². The second kappa shape index (κ2) is 6.16. The van der Waals surface area contributed by atoms with Gasteiger partial charge in [-0.15, -0.1) is 0 Å². The van der Waals surface area contributed by atoms with Crippen molar-refractivity contribution in [3.8, 4) is 11.1 Å². The van der Waals surface area contributed by atoms with E-state index >= 15 is 0 Å². The number of anilines is 2. The first-order valence-corrected chi connectivity index (χ1v) is 7.51. The molecule has 0 amide bonds. The highest BCUT2D eigenvalue weighted by Crippen LogP contribution is 2.28. The highest BCUT2D eigenvalue weighted by molar-refractivity contribution is 5.92. The van der Waals surface area contributed by atoms with Gasteiger partial charge in [0.25, 0.3) is 0 Å². The Hall–Kier alpha value is -2.76. The van der Waals surface area contributed by atoms with Crippen LogP contribution in [0.4, 0.5) is 15.9 Å². The van der Waals surface area contributed by atoms with Crippen molar-refractivity contribution in [2.75, 3.05) is 11.1 Å². The molecule has 1 unspecified atom stereocenters. The Morgan fingerprint density at radius 2 is 2.00 bits per heavy atom. The number of halogens is 1. The quantitative estimate of drug-likeness (QED) is 0.720. The van der Waals surface area contributed by atoms with Gasteiger partial charge in [-0.05, 0) is 37.1 Å². The van der Waals surface area contributed by atoms with E-state index in [-0.39, 0.29) is 5.69 Å². The molecule has 5 nitrogen and oxygen atoms in total. The SMILES string of the molecule is CCC(C)Nc1ncnc2ccc(-c3cnc(F)c(N)c3)cc12. The van der Waals surface area contributed by atoms with Crippen LogP contribution in [0, 0.1) is 5.95 Å². The minimum Gasteiger partial charge on any atom is -0.395 e. The summed E-state index contributed by atoms with van der Waals surface area (Å²) >= 11 is 0. The van der Waals surface area contributed by atoms with E-state index in [1.54, 1.807) is 12.4 Å². The summed E-state index contributed by atoms with van der Waals surface area (Å²) in [5.74, 6) is 0.131. The minimum atomic E-state index is -0.656. The van der Waals surface area contributed by atoms with E-state index in [0.717, 1.165) is 34.3 Å². The predicted octanol–water partition coefficient (Wildman–Crippen LogP) is 3.62. The van der Waals surface area contributed by atoms with E-state index in [9.17, 15) is 4.39 Å². The molecule has 0 aliphatic heterocycles. The van der Waals surface area contributed by atoms with Gasteiger partial charge in [0.05, 0.1) is 11.2 Å². The van der Waals surface area contributed by atoms with Crippen molar-refractivity contribution in [3.05, 3.63) is 42.7 Å². The first-order valence-electron chi connectivity index (χ1n) is 7.51. The highest BCUT2D eigenvalue weighted by Gasteiger charge is 2.09. The molecule has 23 heavy (non-hydrogen) atoms. The Balaban J connectivity index is 2.09. The number of fused-ring (bicyclic) bond motifs is 1. The summed E-state index contributed by atoms with van der Waals surface area (Å²) in [5.41, 5.74) is 8.13. The van der Waals surface area contributed by atoms with Crippen molar-refractivity contribution in [2.45, 2.75) is 26.3 Å². The first kappa shape index (κ1) is 15.1. The fraction of sp³-hybridized carbons (Fsp3) is 0.235. The number of hydrogen-bond donors (Lipinski definition) is 2. The van der Waals surface area contributed by atoms with E-state index in [1.165, 1.54) is 6.20 Å². The Bertz CT molecular complexity index is 850. The largest absolute Gasteiger partial charge is 0.395 e. The van der Waals surface area contributed by atoms with Crippen LogP contribution in [0.2, 0.25) is 0 Å². The van der Waals surface area contributed by atoms with Crippen molar-refractivity contribution in [1.29, 1.82) is 0 Å². The lowest BCUT2D eigenvalue weighted by atomic mass is 10.0. The molecular formula is C17H18FN5. The lowest BCUT2D eigenvalue weighted by Crippen LogP contribution is -2.14. The molecule has 6 heteroatoms. The molecule has 0 radical (unpaired) electrons. The molecule has 0 saturated heterocycles. The average molecular weight is 311 g/mol. The molecule has 3 aromatic rings. The molecule has 0 aliphatic carbocycles. The van der Waals surface area contributed by atoms with Crippen LogP contribution in [0.5, 0.6) is 0 Å². The zero-order valence-corrected chi connectivity index (χ0v) is 13.0. The van der Waals surface area contributed by atoms with Crippen LogP contribution in [0.3, 0.4) is 0 Å². The maximum absolute atomic E-state index is 13.2. The second-order valence-corrected chi connectivity index (χ2v) is 5.51. The lowest BCUT2D eigenvalue weighted by Gasteiger charge is -2.14. The van der Waals surface area contributed by atoms with Crippen LogP contribution in [-0.2, 0) is 0 Å². The number of nitrogens with two attached hydrogens (primary N) is 1. The number of benzene rings is 1. The zero-order chi connectivity index (χ0) is 16.4. The smallest absolute Gasteiger partial charge is 0.236 e. The molecule has 2 heterocycles. The molecule has 0 bridgehead atoms. The number of nitrogens with one attached hydrogen (secondary N) is 1. The average Bonchev–Trinajstić information content (AvgIpc) is 2.57. The van der Waals surface area contributed by atoms with E-state index in [2.05, 4.69) is 34.1 Å². The molecule has 3 N–H and O–H groups in total. The molecule has 1 atom stereocenters. The first-order chi connectivity index (χ1) is 11.1. The Kier molecular flexibility index (Phi) is 4.06. The number of aromatic nitrogens is 3. The van der Waals surface area contributed by atoms with Gasteiger partial charge in [-0.25, -0.2) is 15.0 Å². The maximum atomic E-state index is 13.2. The fourth-order valence-corrected chi connectivity index (χ4v) is 2.31. The van der Waals surface area contributed by atoms with E-state index in [0.29, 0.717) is 6.04 Å². The Morgan fingerprint density at radius 3 is 2.74 bits per heavy atom. The van der Waals surface area contributed by atoms with Crippen LogP contribution in [0.15, 0.2) is 36.8 Å². The summed E-state index contributed by atoms with van der Waals surface area (Å²) in [6.45, 7) is 4.21. The fourth-order valence-electron chi connectivity index (χ4n) is 2.31. The monoisotopic (exact) mass is 311 g/mol. The second-order valence-electron chi connectivity index (χ2n) is 5.51. The number of hydrogen-bond acceptors (Lipinski definition) is 5. The van der Waals surface area contributed by atoms with Crippen LogP contribution in [-0.4, -0.2) is 21.0 Å². The summed E-state index contributed by atoms with van der Waals surface area (Å²) in [5, 5.41) is 4.29. The molecule has 118 valence electrons. The molecule has 0 saturated carbocycles. The highest BCUT2D eigenvalue weighted by atomic mass is 19.1. The molecule has 3 rings (SSSR count). The summed E-state index contributed by atoms with van der Waals surface area (Å²) in [6, 6.07) is 7.67. The van der Waals surface area contributed by atoms with Crippen LogP contribution < -0.4 is 11.1 Å². The van der Waals surface area contributed by atoms with Gasteiger partial charge < -0.3 is 11.1 Å². The summed E-state index contributed by atoms with van der Waals surface area (Å²) in [4.78, 5) is 12.3. The van der Waals surface area contributed by atoms with Gasteiger partial charge in [0.2, 0.25) is 5.95 Å². The maximum Gasteiger partial charge on any atom is 0.236 e. The molecule has 0 spiro atoms. The summed E-state index contributed by atoms with van der Waals surface area (Å²) < 4.78 is 13.2. The van der Waals surface area contributed by atoms with E-state index < -0.39 is 5.95 Å². The van der Waals surface area contributed by atoms with Crippen molar-refractivity contribution in [2.24, 2.45) is 0 Å². The number of nitrogens with zero attached hydrogens (tertiary/aromatic N) is 3. The van der Waals surface area contributed by atoms with Crippen LogP contribution >= 0.6 is 0 Å². The van der Waals surface area contributed by atoms with Crippen molar-refractivity contribution in [3.63, 3.8) is 0 Å². The van der Waals surface area contributed by atoms with Gasteiger partial charge in [-0.1, -0.05) is 13.0 Å². The third kappa shape index (κ3) is 3.06. The van der Waals surface area contributed by atoms with Crippen LogP contribution in [0.1, 0.15) is 20.3 Å². The van der Waals surface area contributed by atoms with Gasteiger partial charge in [0, 0.05) is 23.2 Å². The third-order valence-electron chi connectivity index (χ3n) is 3.83. The van der Waals surface area contributed by atoms with Gasteiger partial charge >= 0.3 is 0 Å². The normalized spacial score (nSPS) is 12.3. The van der Waals surface area contributed by atoms with Gasteiger partial charge in [-0.2, -0.15) is 4.39 Å². The van der Waals surface area contributed by atoms with Gasteiger partial charge in [0.1, 0.15) is 12.1 Å². The van der Waals surface area contributed by atoms with Gasteiger partial charge in [-0.3, -0.25) is 0 Å². The van der Waals surface area contributed by atoms with Crippen LogP contribution in [0.25, 0.3) is 22.0 Å². The lowest BCUT2D eigenvalue weighted by molar-refractivity contribution is 0.589. The summed E-state index contributed by atoms with van der Waals surface area (Å²) in [6.07, 6.45) is 4.01. The molecule has 0 fully saturated rings. The van der Waals surface area contributed by atoms with Gasteiger partial charge in [0.15, 0.2) is 0 Å². The standard InChI is InChI=1S/C17H18FN5/c1-3-10(2)23-17-13-6-11(4-5-15(13)21-9-22-17)12-7-14(19)16(18)20-8-12/h4-10H,3,19H2,1-2H3,(H,21,22,23). The minimum absolute atomic E-state index is 0.0323. The molecule has 2 aromatic heterocycles. The summed E-state index contributed by atoms with van der Waals surface area (Å²) in [7, 11) is 0. The number of nitrogen functional groups attached to an aromatic ring is 1. The zero-order valence-electron chi connectivity index (χ0n) is 13.0. The molecule has 0 aliphatic rings. The van der Waals surface area contributed by atoms with E-state index in [4.69, 9.17) is 5.73 Å². The molecule has 1 aromatic carbocycles. The number of rotatable bonds is 4. The van der Waals surface area contributed by atoms with Crippen molar-refractivity contribution >= 4 is 22.4 Å². The van der Waals surface area contributed by atoms with E-state index in [1.807, 2.05) is 18.2 Å². The van der Waals surface area contributed by atoms with Crippen molar-refractivity contribution < 1.29 is 4.39 Å². The predicted molar refractivity (Wildman–Crippen MR) is 90.5 cm³/mol. The Morgan fingerprint density at radius 1 is 1.17 bits per heavy atom. The topological polar surface area (TPSA) is 76.7 Å². The number of pyridine rings is 1. The molecular weight excluding hydrogens is 293 g/mol.